The summed E-state index contributed by atoms with van der Waals surface area (Å²) in [6.07, 6.45) is -1.28. The van der Waals surface area contributed by atoms with Crippen LogP contribution in [0.2, 0.25) is 0 Å². The third-order valence-electron chi connectivity index (χ3n) is 2.34. The van der Waals surface area contributed by atoms with Crippen molar-refractivity contribution < 1.29 is 19.4 Å². The molecule has 1 amide bonds. The Kier molecular flexibility index (Phi) is 4.78. The molecule has 106 valence electrons. The number of aliphatic hydroxyl groups excluding tert-OH is 1. The van der Waals surface area contributed by atoms with E-state index in [2.05, 4.69) is 5.32 Å². The summed E-state index contributed by atoms with van der Waals surface area (Å²) in [7, 11) is 1.54. The summed E-state index contributed by atoms with van der Waals surface area (Å²) in [6, 6.07) is 5.06. The Morgan fingerprint density at radius 3 is 2.47 bits per heavy atom. The number of rotatable bonds is 3. The van der Waals surface area contributed by atoms with Crippen molar-refractivity contribution in [1.82, 2.24) is 0 Å². The number of aliphatic hydroxyl groups is 1. The normalized spacial score (nSPS) is 12.7. The number of hydrogen-bond acceptors (Lipinski definition) is 4. The van der Waals surface area contributed by atoms with Gasteiger partial charge < -0.3 is 14.6 Å². The molecule has 0 aliphatic carbocycles. The van der Waals surface area contributed by atoms with E-state index in [-0.39, 0.29) is 0 Å². The molecule has 5 nitrogen and oxygen atoms in total. The minimum Gasteiger partial charge on any atom is -0.497 e. The number of anilines is 1. The fraction of sp³-hybridized carbons (Fsp3) is 0.500. The summed E-state index contributed by atoms with van der Waals surface area (Å²) in [4.78, 5) is 11.7. The summed E-state index contributed by atoms with van der Waals surface area (Å²) in [5, 5.41) is 12.3. The molecular weight excluding hydrogens is 246 g/mol. The van der Waals surface area contributed by atoms with Gasteiger partial charge in [0.1, 0.15) is 11.4 Å². The molecule has 5 heteroatoms. The van der Waals surface area contributed by atoms with E-state index in [1.165, 1.54) is 0 Å². The van der Waals surface area contributed by atoms with Crippen LogP contribution in [0.15, 0.2) is 18.2 Å². The molecule has 0 saturated heterocycles. The number of ether oxygens (including phenoxy) is 2. The molecule has 0 fully saturated rings. The van der Waals surface area contributed by atoms with Gasteiger partial charge in [0.25, 0.3) is 0 Å². The fourth-order valence-corrected chi connectivity index (χ4v) is 1.54. The van der Waals surface area contributed by atoms with Gasteiger partial charge in [0, 0.05) is 5.56 Å². The molecule has 0 aliphatic rings. The number of amides is 1. The summed E-state index contributed by atoms with van der Waals surface area (Å²) < 4.78 is 10.3. The third-order valence-corrected chi connectivity index (χ3v) is 2.34. The van der Waals surface area contributed by atoms with Crippen molar-refractivity contribution in [2.45, 2.75) is 39.4 Å². The number of carbonyl (C=O) groups excluding carboxylic acids is 1. The predicted octanol–water partition coefficient (Wildman–Crippen LogP) is 3.10. The van der Waals surface area contributed by atoms with E-state index in [1.807, 2.05) is 0 Å². The van der Waals surface area contributed by atoms with E-state index in [0.29, 0.717) is 17.0 Å². The zero-order valence-corrected chi connectivity index (χ0v) is 12.0. The van der Waals surface area contributed by atoms with E-state index in [4.69, 9.17) is 9.47 Å². The number of nitrogens with one attached hydrogen (secondary N) is 1. The molecule has 0 spiro atoms. The Balaban J connectivity index is 2.91. The van der Waals surface area contributed by atoms with Crippen LogP contribution in [0, 0.1) is 0 Å². The molecular formula is C14H21NO4. The quantitative estimate of drug-likeness (QED) is 0.883. The van der Waals surface area contributed by atoms with Crippen molar-refractivity contribution in [1.29, 1.82) is 0 Å². The first-order chi connectivity index (χ1) is 8.73. The summed E-state index contributed by atoms with van der Waals surface area (Å²) >= 11 is 0. The van der Waals surface area contributed by atoms with E-state index < -0.39 is 17.8 Å². The van der Waals surface area contributed by atoms with Gasteiger partial charge in [-0.15, -0.1) is 0 Å². The molecule has 1 rings (SSSR count). The molecule has 1 aromatic rings. The van der Waals surface area contributed by atoms with Crippen LogP contribution in [0.4, 0.5) is 10.5 Å². The van der Waals surface area contributed by atoms with Gasteiger partial charge in [-0.05, 0) is 45.9 Å². The van der Waals surface area contributed by atoms with Crippen molar-refractivity contribution in [3.8, 4) is 5.75 Å². The van der Waals surface area contributed by atoms with E-state index in [1.54, 1.807) is 53.0 Å². The maximum atomic E-state index is 11.7. The lowest BCUT2D eigenvalue weighted by molar-refractivity contribution is 0.0635. The zero-order chi connectivity index (χ0) is 14.6. The average molecular weight is 267 g/mol. The molecule has 0 heterocycles. The van der Waals surface area contributed by atoms with Gasteiger partial charge in [0.05, 0.1) is 18.9 Å². The lowest BCUT2D eigenvalue weighted by atomic mass is 10.1. The fourth-order valence-electron chi connectivity index (χ4n) is 1.54. The minimum absolute atomic E-state index is 0.505. The predicted molar refractivity (Wildman–Crippen MR) is 73.5 cm³/mol. The maximum absolute atomic E-state index is 11.7. The number of methoxy groups -OCH3 is 1. The topological polar surface area (TPSA) is 67.8 Å². The second kappa shape index (κ2) is 5.93. The molecule has 2 N–H and O–H groups in total. The van der Waals surface area contributed by atoms with Crippen LogP contribution in [-0.4, -0.2) is 23.9 Å². The highest BCUT2D eigenvalue weighted by Gasteiger charge is 2.18. The molecule has 0 bridgehead atoms. The molecule has 0 aliphatic heterocycles. The van der Waals surface area contributed by atoms with E-state index in [0.717, 1.165) is 0 Å². The highest BCUT2D eigenvalue weighted by Crippen LogP contribution is 2.27. The molecule has 0 aromatic heterocycles. The van der Waals surface area contributed by atoms with Crippen LogP contribution >= 0.6 is 0 Å². The largest absolute Gasteiger partial charge is 0.497 e. The van der Waals surface area contributed by atoms with Crippen molar-refractivity contribution >= 4 is 11.8 Å². The average Bonchev–Trinajstić information content (AvgIpc) is 2.26. The van der Waals surface area contributed by atoms with Crippen molar-refractivity contribution in [3.05, 3.63) is 23.8 Å². The molecule has 1 atom stereocenters. The van der Waals surface area contributed by atoms with Gasteiger partial charge in [0.15, 0.2) is 0 Å². The molecule has 1 aromatic carbocycles. The van der Waals surface area contributed by atoms with Gasteiger partial charge in [-0.1, -0.05) is 0 Å². The molecule has 19 heavy (non-hydrogen) atoms. The second-order valence-electron chi connectivity index (χ2n) is 5.26. The monoisotopic (exact) mass is 267 g/mol. The summed E-state index contributed by atoms with van der Waals surface area (Å²) in [6.45, 7) is 6.98. The van der Waals surface area contributed by atoms with Crippen LogP contribution in [0.5, 0.6) is 5.75 Å². The van der Waals surface area contributed by atoms with Gasteiger partial charge in [0.2, 0.25) is 0 Å². The highest BCUT2D eigenvalue weighted by molar-refractivity contribution is 5.86. The van der Waals surface area contributed by atoms with Gasteiger partial charge >= 0.3 is 6.09 Å². The van der Waals surface area contributed by atoms with Gasteiger partial charge in [-0.3, -0.25) is 5.32 Å². The molecule has 0 saturated carbocycles. The lowest BCUT2D eigenvalue weighted by Gasteiger charge is -2.21. The first-order valence-corrected chi connectivity index (χ1v) is 6.09. The Morgan fingerprint density at radius 2 is 2.00 bits per heavy atom. The van der Waals surface area contributed by atoms with Crippen LogP contribution in [0.3, 0.4) is 0 Å². The van der Waals surface area contributed by atoms with Crippen LogP contribution in [0.25, 0.3) is 0 Å². The van der Waals surface area contributed by atoms with Crippen LogP contribution in [0.1, 0.15) is 39.4 Å². The van der Waals surface area contributed by atoms with E-state index in [9.17, 15) is 9.90 Å². The number of benzene rings is 1. The Bertz CT molecular complexity index is 449. The number of hydrogen-bond donors (Lipinski definition) is 2. The smallest absolute Gasteiger partial charge is 0.412 e. The van der Waals surface area contributed by atoms with Crippen molar-refractivity contribution in [2.24, 2.45) is 0 Å². The van der Waals surface area contributed by atoms with Crippen LogP contribution < -0.4 is 10.1 Å². The zero-order valence-electron chi connectivity index (χ0n) is 12.0. The molecule has 0 unspecified atom stereocenters. The Morgan fingerprint density at radius 1 is 1.37 bits per heavy atom. The highest BCUT2D eigenvalue weighted by atomic mass is 16.6. The number of carbonyl (C=O) groups is 1. The summed E-state index contributed by atoms with van der Waals surface area (Å²) in [5.41, 5.74) is 0.511. The van der Waals surface area contributed by atoms with Crippen LogP contribution in [-0.2, 0) is 4.74 Å². The maximum Gasteiger partial charge on any atom is 0.412 e. The van der Waals surface area contributed by atoms with Gasteiger partial charge in [-0.25, -0.2) is 4.79 Å². The van der Waals surface area contributed by atoms with Crippen molar-refractivity contribution in [3.63, 3.8) is 0 Å². The molecule has 0 radical (unpaired) electrons. The second-order valence-corrected chi connectivity index (χ2v) is 5.26. The minimum atomic E-state index is -0.722. The van der Waals surface area contributed by atoms with Crippen molar-refractivity contribution in [2.75, 3.05) is 12.4 Å². The van der Waals surface area contributed by atoms with E-state index >= 15 is 0 Å². The standard InChI is InChI=1S/C14H21NO4/c1-9(16)11-8-10(18-5)6-7-12(11)15-13(17)19-14(2,3)4/h6-9,16H,1-5H3,(H,15,17)/t9-/m0/s1. The lowest BCUT2D eigenvalue weighted by Crippen LogP contribution is -2.27. The first kappa shape index (κ1) is 15.3. The van der Waals surface area contributed by atoms with Gasteiger partial charge in [-0.2, -0.15) is 0 Å². The third kappa shape index (κ3) is 4.79. The Labute approximate surface area is 113 Å². The summed E-state index contributed by atoms with van der Waals surface area (Å²) in [5.74, 6) is 0.616. The first-order valence-electron chi connectivity index (χ1n) is 6.09. The Hall–Kier alpha value is -1.75. The SMILES string of the molecule is COc1ccc(NC(=O)OC(C)(C)C)c([C@H](C)O)c1.